The highest BCUT2D eigenvalue weighted by atomic mass is 32.1. The van der Waals surface area contributed by atoms with E-state index >= 15 is 0 Å². The minimum absolute atomic E-state index is 0.0156. The van der Waals surface area contributed by atoms with Gasteiger partial charge in [0.15, 0.2) is 5.11 Å². The predicted molar refractivity (Wildman–Crippen MR) is 123 cm³/mol. The smallest absolute Gasteiger partial charge is 0.270 e. The van der Waals surface area contributed by atoms with E-state index in [0.717, 1.165) is 32.4 Å². The molecule has 0 bridgehead atoms. The van der Waals surface area contributed by atoms with E-state index in [-0.39, 0.29) is 16.7 Å². The Morgan fingerprint density at radius 2 is 1.81 bits per heavy atom. The van der Waals surface area contributed by atoms with Gasteiger partial charge in [-0.3, -0.25) is 25.0 Å². The molecule has 1 saturated heterocycles. The Hall–Kier alpha value is -3.59. The first-order valence-electron chi connectivity index (χ1n) is 9.86. The Balaban J connectivity index is 1.56. The first kappa shape index (κ1) is 22.1. The lowest BCUT2D eigenvalue weighted by Crippen LogP contribution is -2.35. The van der Waals surface area contributed by atoms with Crippen molar-refractivity contribution in [3.63, 3.8) is 0 Å². The number of rotatable bonds is 5. The number of thiocarbonyl (C=S) groups is 1. The van der Waals surface area contributed by atoms with Crippen LogP contribution in [0, 0.1) is 10.1 Å². The number of hydrogen-bond acceptors (Lipinski definition) is 5. The number of nitro benzene ring substituents is 1. The fourth-order valence-corrected chi connectivity index (χ4v) is 3.46. The van der Waals surface area contributed by atoms with Crippen molar-refractivity contribution in [2.75, 3.05) is 18.4 Å². The van der Waals surface area contributed by atoms with Gasteiger partial charge in [0.25, 0.3) is 11.6 Å². The highest BCUT2D eigenvalue weighted by Gasteiger charge is 2.18. The monoisotopic (exact) mass is 438 g/mol. The van der Waals surface area contributed by atoms with E-state index in [1.807, 2.05) is 4.90 Å². The largest absolute Gasteiger partial charge is 0.339 e. The topological polar surface area (TPSA) is 105 Å². The van der Waals surface area contributed by atoms with Crippen molar-refractivity contribution < 1.29 is 14.5 Å². The minimum atomic E-state index is -0.499. The van der Waals surface area contributed by atoms with Gasteiger partial charge in [-0.25, -0.2) is 0 Å². The van der Waals surface area contributed by atoms with E-state index in [4.69, 9.17) is 12.2 Å². The van der Waals surface area contributed by atoms with Crippen molar-refractivity contribution in [3.8, 4) is 0 Å². The lowest BCUT2D eigenvalue weighted by Gasteiger charge is -2.26. The third-order valence-electron chi connectivity index (χ3n) is 4.76. The van der Waals surface area contributed by atoms with Crippen molar-refractivity contribution in [2.45, 2.75) is 19.3 Å². The summed E-state index contributed by atoms with van der Waals surface area (Å²) in [4.78, 5) is 36.9. The number of likely N-dealkylation sites (tertiary alicyclic amines) is 1. The summed E-state index contributed by atoms with van der Waals surface area (Å²) in [6.45, 7) is 1.53. The van der Waals surface area contributed by atoms with Gasteiger partial charge >= 0.3 is 0 Å². The van der Waals surface area contributed by atoms with Gasteiger partial charge in [0.05, 0.1) is 4.92 Å². The van der Waals surface area contributed by atoms with Crippen molar-refractivity contribution >= 4 is 46.6 Å². The summed E-state index contributed by atoms with van der Waals surface area (Å²) in [5, 5.41) is 16.3. The Labute approximate surface area is 185 Å². The number of carbonyl (C=O) groups is 2. The van der Waals surface area contributed by atoms with E-state index in [0.29, 0.717) is 16.8 Å². The molecule has 3 rings (SSSR count). The second kappa shape index (κ2) is 10.4. The molecule has 1 aliphatic heterocycles. The first-order valence-corrected chi connectivity index (χ1v) is 10.3. The van der Waals surface area contributed by atoms with Crippen LogP contribution in [0.4, 0.5) is 11.4 Å². The molecule has 0 aliphatic carbocycles. The van der Waals surface area contributed by atoms with Crippen molar-refractivity contribution in [1.29, 1.82) is 0 Å². The van der Waals surface area contributed by atoms with Crippen molar-refractivity contribution in [2.24, 2.45) is 0 Å². The molecule has 0 unspecified atom stereocenters. The van der Waals surface area contributed by atoms with Crippen LogP contribution in [-0.4, -0.2) is 39.8 Å². The van der Waals surface area contributed by atoms with Gasteiger partial charge in [0, 0.05) is 42.5 Å². The number of nitrogens with zero attached hydrogens (tertiary/aromatic N) is 2. The van der Waals surface area contributed by atoms with E-state index < -0.39 is 10.8 Å². The summed E-state index contributed by atoms with van der Waals surface area (Å²) in [6, 6.07) is 12.9. The van der Waals surface area contributed by atoms with E-state index in [9.17, 15) is 19.7 Å². The number of non-ortho nitro benzene ring substituents is 1. The van der Waals surface area contributed by atoms with E-state index in [2.05, 4.69) is 10.6 Å². The number of nitrogens with one attached hydrogen (secondary N) is 2. The quantitative estimate of drug-likeness (QED) is 0.319. The average molecular weight is 439 g/mol. The zero-order valence-electron chi connectivity index (χ0n) is 16.7. The average Bonchev–Trinajstić information content (AvgIpc) is 2.78. The molecule has 1 fully saturated rings. The number of carbonyl (C=O) groups excluding carboxylic acids is 2. The number of piperidine rings is 1. The number of anilines is 1. The maximum Gasteiger partial charge on any atom is 0.270 e. The van der Waals surface area contributed by atoms with Gasteiger partial charge in [-0.1, -0.05) is 18.2 Å². The SMILES string of the molecule is O=C(/C=C/c1cccc([N+](=O)[O-])c1)NC(=S)Nc1cccc(C(=O)N2CCCCC2)c1. The van der Waals surface area contributed by atoms with Crippen LogP contribution < -0.4 is 10.6 Å². The standard InChI is InChI=1S/C22H22N4O4S/c27-20(11-10-16-6-4-9-19(14-16)26(29)30)24-22(31)23-18-8-5-7-17(15-18)21(28)25-12-2-1-3-13-25/h4-11,14-15H,1-3,12-13H2,(H2,23,24,27,31)/b11-10+. The van der Waals surface area contributed by atoms with Gasteiger partial charge in [-0.2, -0.15) is 0 Å². The summed E-state index contributed by atoms with van der Waals surface area (Å²) < 4.78 is 0. The second-order valence-electron chi connectivity index (χ2n) is 7.06. The lowest BCUT2D eigenvalue weighted by atomic mass is 10.1. The molecule has 2 amide bonds. The summed E-state index contributed by atoms with van der Waals surface area (Å²) in [7, 11) is 0. The maximum absolute atomic E-state index is 12.6. The molecular formula is C22H22N4O4S. The fraction of sp³-hybridized carbons (Fsp3) is 0.227. The van der Waals surface area contributed by atoms with E-state index in [1.54, 1.807) is 36.4 Å². The summed E-state index contributed by atoms with van der Waals surface area (Å²) >= 11 is 5.17. The Kier molecular flexibility index (Phi) is 7.45. The number of nitro groups is 1. The summed E-state index contributed by atoms with van der Waals surface area (Å²) in [5.41, 5.74) is 1.62. The Morgan fingerprint density at radius 1 is 1.06 bits per heavy atom. The number of amides is 2. The molecular weight excluding hydrogens is 416 g/mol. The van der Waals surface area contributed by atoms with Crippen molar-refractivity contribution in [3.05, 3.63) is 75.8 Å². The van der Waals surface area contributed by atoms with Crippen molar-refractivity contribution in [1.82, 2.24) is 10.2 Å². The lowest BCUT2D eigenvalue weighted by molar-refractivity contribution is -0.384. The third kappa shape index (κ3) is 6.45. The molecule has 2 N–H and O–H groups in total. The van der Waals surface area contributed by atoms with Gasteiger partial charge in [0.2, 0.25) is 5.91 Å². The molecule has 2 aromatic carbocycles. The molecule has 1 aliphatic rings. The van der Waals surface area contributed by atoms with E-state index in [1.165, 1.54) is 24.3 Å². The molecule has 9 heteroatoms. The van der Waals surface area contributed by atoms with Crippen LogP contribution >= 0.6 is 12.2 Å². The van der Waals surface area contributed by atoms with Gasteiger partial charge < -0.3 is 10.2 Å². The normalized spacial score (nSPS) is 13.6. The Morgan fingerprint density at radius 3 is 2.55 bits per heavy atom. The minimum Gasteiger partial charge on any atom is -0.339 e. The molecule has 0 saturated carbocycles. The fourth-order valence-electron chi connectivity index (χ4n) is 3.24. The third-order valence-corrected chi connectivity index (χ3v) is 4.96. The van der Waals surface area contributed by atoms with Gasteiger partial charge in [-0.15, -0.1) is 0 Å². The van der Waals surface area contributed by atoms with Crippen LogP contribution in [0.5, 0.6) is 0 Å². The Bertz CT molecular complexity index is 1030. The molecule has 2 aromatic rings. The zero-order valence-corrected chi connectivity index (χ0v) is 17.6. The highest BCUT2D eigenvalue weighted by molar-refractivity contribution is 7.80. The molecule has 1 heterocycles. The summed E-state index contributed by atoms with van der Waals surface area (Å²) in [5.74, 6) is -0.497. The highest BCUT2D eigenvalue weighted by Crippen LogP contribution is 2.17. The first-order chi connectivity index (χ1) is 14.9. The number of hydrogen-bond donors (Lipinski definition) is 2. The van der Waals surface area contributed by atoms with Gasteiger partial charge in [-0.05, 0) is 61.3 Å². The molecule has 0 spiro atoms. The van der Waals surface area contributed by atoms with Crippen LogP contribution in [0.25, 0.3) is 6.08 Å². The molecule has 8 nitrogen and oxygen atoms in total. The molecule has 0 radical (unpaired) electrons. The van der Waals surface area contributed by atoms with Crippen LogP contribution in [0.2, 0.25) is 0 Å². The molecule has 0 atom stereocenters. The van der Waals surface area contributed by atoms with Crippen LogP contribution in [-0.2, 0) is 4.79 Å². The summed E-state index contributed by atoms with van der Waals surface area (Å²) in [6.07, 6.45) is 5.88. The second-order valence-corrected chi connectivity index (χ2v) is 7.47. The maximum atomic E-state index is 12.6. The van der Waals surface area contributed by atoms with Crippen LogP contribution in [0.3, 0.4) is 0 Å². The van der Waals surface area contributed by atoms with Crippen LogP contribution in [0.15, 0.2) is 54.6 Å². The van der Waals surface area contributed by atoms with Crippen LogP contribution in [0.1, 0.15) is 35.2 Å². The molecule has 0 aromatic heterocycles. The molecule has 31 heavy (non-hydrogen) atoms. The van der Waals surface area contributed by atoms with Gasteiger partial charge in [0.1, 0.15) is 0 Å². The molecule has 160 valence electrons. The predicted octanol–water partition coefficient (Wildman–Crippen LogP) is 3.75. The number of benzene rings is 2. The zero-order chi connectivity index (χ0) is 22.2.